The quantitative estimate of drug-likeness (QED) is 0.767. The van der Waals surface area contributed by atoms with Crippen LogP contribution >= 0.6 is 0 Å². The van der Waals surface area contributed by atoms with Crippen molar-refractivity contribution in [3.8, 4) is 5.75 Å². The number of benzene rings is 2. The Bertz CT molecular complexity index is 988. The maximum atomic E-state index is 13.4. The first-order chi connectivity index (χ1) is 13.3. The summed E-state index contributed by atoms with van der Waals surface area (Å²) in [5.74, 6) is -0.598. The van der Waals surface area contributed by atoms with Gasteiger partial charge in [0.05, 0.1) is 19.3 Å². The molecule has 9 heteroatoms. The van der Waals surface area contributed by atoms with Crippen LogP contribution in [0.3, 0.4) is 0 Å². The molecule has 0 spiro atoms. The molecule has 1 atom stereocenters. The highest BCUT2D eigenvalue weighted by Crippen LogP contribution is 2.26. The number of hydrogen-bond donors (Lipinski definition) is 2. The van der Waals surface area contributed by atoms with Gasteiger partial charge in [-0.05, 0) is 55.3 Å². The minimum Gasteiger partial charge on any atom is -0.496 e. The number of anilines is 2. The Hall–Kier alpha value is -2.65. The van der Waals surface area contributed by atoms with E-state index in [1.54, 1.807) is 6.92 Å². The van der Waals surface area contributed by atoms with Gasteiger partial charge in [-0.15, -0.1) is 0 Å². The van der Waals surface area contributed by atoms with Crippen molar-refractivity contribution in [2.45, 2.75) is 18.6 Å². The third kappa shape index (κ3) is 4.42. The van der Waals surface area contributed by atoms with Gasteiger partial charge in [-0.1, -0.05) is 0 Å². The summed E-state index contributed by atoms with van der Waals surface area (Å²) < 4.78 is 51.1. The standard InChI is InChI=1S/C19H21FN2O5S/c1-12-9-13(3-5-17(12)20)21-19(23)16-10-14(4-6-18(16)26-2)22-28(24,25)15-7-8-27-11-15/h3-6,9-10,15,22H,7-8,11H2,1-2H3,(H,21,23). The minimum absolute atomic E-state index is 0.142. The zero-order valence-electron chi connectivity index (χ0n) is 15.5. The van der Waals surface area contributed by atoms with E-state index in [0.717, 1.165) is 0 Å². The maximum Gasteiger partial charge on any atom is 0.259 e. The van der Waals surface area contributed by atoms with E-state index in [9.17, 15) is 17.6 Å². The van der Waals surface area contributed by atoms with E-state index in [1.165, 1.54) is 43.5 Å². The van der Waals surface area contributed by atoms with Gasteiger partial charge in [0.1, 0.15) is 16.8 Å². The van der Waals surface area contributed by atoms with Crippen molar-refractivity contribution in [1.82, 2.24) is 0 Å². The zero-order valence-corrected chi connectivity index (χ0v) is 16.3. The second-order valence-corrected chi connectivity index (χ2v) is 8.43. The van der Waals surface area contributed by atoms with Crippen LogP contribution in [0.2, 0.25) is 0 Å². The molecule has 1 saturated heterocycles. The molecule has 1 heterocycles. The smallest absolute Gasteiger partial charge is 0.259 e. The van der Waals surface area contributed by atoms with Crippen molar-refractivity contribution in [2.75, 3.05) is 30.4 Å². The largest absolute Gasteiger partial charge is 0.496 e. The maximum absolute atomic E-state index is 13.4. The van der Waals surface area contributed by atoms with Crippen LogP contribution in [0.4, 0.5) is 15.8 Å². The Labute approximate surface area is 162 Å². The topological polar surface area (TPSA) is 93.7 Å². The van der Waals surface area contributed by atoms with Crippen molar-refractivity contribution >= 4 is 27.3 Å². The normalized spacial score (nSPS) is 16.6. The van der Waals surface area contributed by atoms with Crippen LogP contribution in [-0.4, -0.2) is 39.9 Å². The van der Waals surface area contributed by atoms with Gasteiger partial charge in [0, 0.05) is 18.0 Å². The molecule has 0 bridgehead atoms. The lowest BCUT2D eigenvalue weighted by Gasteiger charge is -2.15. The van der Waals surface area contributed by atoms with Crippen molar-refractivity contribution in [3.05, 3.63) is 53.3 Å². The summed E-state index contributed by atoms with van der Waals surface area (Å²) in [6.45, 7) is 2.13. The van der Waals surface area contributed by atoms with E-state index < -0.39 is 21.2 Å². The van der Waals surface area contributed by atoms with Crippen LogP contribution in [0.1, 0.15) is 22.3 Å². The van der Waals surface area contributed by atoms with Crippen LogP contribution in [0.25, 0.3) is 0 Å². The molecule has 2 aromatic rings. The SMILES string of the molecule is COc1ccc(NS(=O)(=O)C2CCOC2)cc1C(=O)Nc1ccc(F)c(C)c1. The second-order valence-electron chi connectivity index (χ2n) is 6.47. The molecule has 0 aliphatic carbocycles. The molecule has 7 nitrogen and oxygen atoms in total. The van der Waals surface area contributed by atoms with Gasteiger partial charge in [-0.25, -0.2) is 12.8 Å². The number of rotatable bonds is 6. The molecule has 0 saturated carbocycles. The highest BCUT2D eigenvalue weighted by atomic mass is 32.2. The first-order valence-electron chi connectivity index (χ1n) is 8.65. The number of methoxy groups -OCH3 is 1. The summed E-state index contributed by atoms with van der Waals surface area (Å²) in [5.41, 5.74) is 1.20. The second kappa shape index (κ2) is 8.15. The third-order valence-electron chi connectivity index (χ3n) is 4.45. The molecule has 0 aromatic heterocycles. The summed E-state index contributed by atoms with van der Waals surface area (Å²) in [7, 11) is -2.22. The van der Waals surface area contributed by atoms with Crippen molar-refractivity contribution < 1.29 is 27.1 Å². The number of nitrogens with one attached hydrogen (secondary N) is 2. The van der Waals surface area contributed by atoms with Crippen LogP contribution in [0.15, 0.2) is 36.4 Å². The highest BCUT2D eigenvalue weighted by Gasteiger charge is 2.30. The average molecular weight is 408 g/mol. The Morgan fingerprint density at radius 2 is 1.96 bits per heavy atom. The van der Waals surface area contributed by atoms with Gasteiger partial charge < -0.3 is 14.8 Å². The van der Waals surface area contributed by atoms with E-state index in [0.29, 0.717) is 24.3 Å². The fraction of sp³-hybridized carbons (Fsp3) is 0.316. The Kier molecular flexibility index (Phi) is 5.85. The van der Waals surface area contributed by atoms with Gasteiger partial charge in [0.15, 0.2) is 0 Å². The molecule has 2 N–H and O–H groups in total. The average Bonchev–Trinajstić information content (AvgIpc) is 3.20. The molecule has 3 rings (SSSR count). The number of hydrogen-bond acceptors (Lipinski definition) is 5. The van der Waals surface area contributed by atoms with Crippen molar-refractivity contribution in [1.29, 1.82) is 0 Å². The van der Waals surface area contributed by atoms with Gasteiger partial charge in [0.25, 0.3) is 5.91 Å². The highest BCUT2D eigenvalue weighted by molar-refractivity contribution is 7.93. The number of halogens is 1. The molecule has 28 heavy (non-hydrogen) atoms. The number of carbonyl (C=O) groups is 1. The lowest BCUT2D eigenvalue weighted by atomic mass is 10.1. The molecule has 1 fully saturated rings. The van der Waals surface area contributed by atoms with Crippen LogP contribution in [-0.2, 0) is 14.8 Å². The monoisotopic (exact) mass is 408 g/mol. The fourth-order valence-electron chi connectivity index (χ4n) is 2.88. The molecular weight excluding hydrogens is 387 g/mol. The molecule has 1 amide bonds. The van der Waals surface area contributed by atoms with E-state index in [-0.39, 0.29) is 29.4 Å². The minimum atomic E-state index is -3.63. The van der Waals surface area contributed by atoms with E-state index in [4.69, 9.17) is 9.47 Å². The predicted molar refractivity (Wildman–Crippen MR) is 104 cm³/mol. The van der Waals surface area contributed by atoms with Crippen molar-refractivity contribution in [2.24, 2.45) is 0 Å². The molecule has 1 aliphatic rings. The Morgan fingerprint density at radius 3 is 2.61 bits per heavy atom. The summed E-state index contributed by atoms with van der Waals surface area (Å²) >= 11 is 0. The summed E-state index contributed by atoms with van der Waals surface area (Å²) in [5, 5.41) is 2.03. The van der Waals surface area contributed by atoms with E-state index in [1.807, 2.05) is 0 Å². The summed E-state index contributed by atoms with van der Waals surface area (Å²) in [6, 6.07) is 8.64. The molecule has 150 valence electrons. The van der Waals surface area contributed by atoms with Crippen molar-refractivity contribution in [3.63, 3.8) is 0 Å². The third-order valence-corrected chi connectivity index (χ3v) is 6.22. The van der Waals surface area contributed by atoms with E-state index in [2.05, 4.69) is 10.0 Å². The zero-order chi connectivity index (χ0) is 20.3. The molecule has 2 aromatic carbocycles. The number of sulfonamides is 1. The lowest BCUT2D eigenvalue weighted by Crippen LogP contribution is -2.28. The number of amides is 1. The Morgan fingerprint density at radius 1 is 1.21 bits per heavy atom. The molecule has 1 aliphatic heterocycles. The van der Waals surface area contributed by atoms with Crippen LogP contribution in [0.5, 0.6) is 5.75 Å². The fourth-order valence-corrected chi connectivity index (χ4v) is 4.18. The lowest BCUT2D eigenvalue weighted by molar-refractivity contribution is 0.102. The molecular formula is C19H21FN2O5S. The first kappa shape index (κ1) is 20.1. The molecule has 1 unspecified atom stereocenters. The number of aryl methyl sites for hydroxylation is 1. The Balaban J connectivity index is 1.84. The molecule has 0 radical (unpaired) electrons. The predicted octanol–water partition coefficient (Wildman–Crippen LogP) is 2.93. The van der Waals surface area contributed by atoms with Crippen LogP contribution < -0.4 is 14.8 Å². The summed E-state index contributed by atoms with van der Waals surface area (Å²) in [6.07, 6.45) is 0.419. The number of ether oxygens (including phenoxy) is 2. The van der Waals surface area contributed by atoms with Gasteiger partial charge in [0.2, 0.25) is 10.0 Å². The number of carbonyl (C=O) groups excluding carboxylic acids is 1. The summed E-state index contributed by atoms with van der Waals surface area (Å²) in [4.78, 5) is 12.7. The van der Waals surface area contributed by atoms with Gasteiger partial charge >= 0.3 is 0 Å². The van der Waals surface area contributed by atoms with E-state index >= 15 is 0 Å². The first-order valence-corrected chi connectivity index (χ1v) is 10.2. The van der Waals surface area contributed by atoms with Crippen LogP contribution in [0, 0.1) is 12.7 Å². The van der Waals surface area contributed by atoms with Gasteiger partial charge in [-0.2, -0.15) is 0 Å². The van der Waals surface area contributed by atoms with Gasteiger partial charge in [-0.3, -0.25) is 9.52 Å².